The summed E-state index contributed by atoms with van der Waals surface area (Å²) in [5, 5.41) is 13.5. The Morgan fingerprint density at radius 3 is 2.71 bits per heavy atom. The highest BCUT2D eigenvalue weighted by Crippen LogP contribution is 2.31. The monoisotopic (exact) mass is 301 g/mol. The quantitative estimate of drug-likeness (QED) is 0.922. The maximum Gasteiger partial charge on any atom is 0.244 e. The van der Waals surface area contributed by atoms with Gasteiger partial charge < -0.3 is 5.32 Å². The van der Waals surface area contributed by atoms with E-state index in [0.717, 1.165) is 5.39 Å². The summed E-state index contributed by atoms with van der Waals surface area (Å²) in [6, 6.07) is 9.20. The molecular weight excluding hydrogens is 286 g/mol. The molecule has 2 aromatic rings. The SMILES string of the molecule is CCC(C#N)(CC)C(=O)Nc1ccc(Cl)c2cccnc12. The van der Waals surface area contributed by atoms with Gasteiger partial charge in [0, 0.05) is 11.6 Å². The Kier molecular flexibility index (Phi) is 4.44. The van der Waals surface area contributed by atoms with E-state index in [1.807, 2.05) is 19.9 Å². The summed E-state index contributed by atoms with van der Waals surface area (Å²) < 4.78 is 0. The highest BCUT2D eigenvalue weighted by atomic mass is 35.5. The van der Waals surface area contributed by atoms with Crippen LogP contribution in [0.3, 0.4) is 0 Å². The molecule has 2 rings (SSSR count). The third-order valence-electron chi connectivity index (χ3n) is 3.82. The number of nitrogens with one attached hydrogen (secondary N) is 1. The number of nitriles is 1. The zero-order chi connectivity index (χ0) is 15.5. The summed E-state index contributed by atoms with van der Waals surface area (Å²) in [7, 11) is 0. The van der Waals surface area contributed by atoms with Crippen molar-refractivity contribution in [3.63, 3.8) is 0 Å². The van der Waals surface area contributed by atoms with E-state index in [1.165, 1.54) is 0 Å². The third kappa shape index (κ3) is 2.70. The third-order valence-corrected chi connectivity index (χ3v) is 4.15. The number of anilines is 1. The number of nitrogens with zero attached hydrogens (tertiary/aromatic N) is 2. The number of aromatic nitrogens is 1. The van der Waals surface area contributed by atoms with Gasteiger partial charge in [0.05, 0.1) is 22.3 Å². The molecule has 0 saturated carbocycles. The van der Waals surface area contributed by atoms with Crippen molar-refractivity contribution in [3.05, 3.63) is 35.5 Å². The number of carbonyl (C=O) groups excluding carboxylic acids is 1. The Balaban J connectivity index is 2.44. The Hall–Kier alpha value is -2.12. The van der Waals surface area contributed by atoms with E-state index < -0.39 is 5.41 Å². The van der Waals surface area contributed by atoms with E-state index in [9.17, 15) is 10.1 Å². The molecule has 1 amide bonds. The molecule has 4 nitrogen and oxygen atoms in total. The summed E-state index contributed by atoms with van der Waals surface area (Å²) in [5.74, 6) is -0.302. The van der Waals surface area contributed by atoms with Gasteiger partial charge in [-0.2, -0.15) is 5.26 Å². The van der Waals surface area contributed by atoms with Crippen molar-refractivity contribution >= 4 is 34.1 Å². The molecule has 0 aliphatic heterocycles. The van der Waals surface area contributed by atoms with Gasteiger partial charge in [-0.15, -0.1) is 0 Å². The van der Waals surface area contributed by atoms with Gasteiger partial charge in [0.25, 0.3) is 0 Å². The summed E-state index contributed by atoms with van der Waals surface area (Å²) in [6.07, 6.45) is 2.57. The zero-order valence-electron chi connectivity index (χ0n) is 12.0. The predicted octanol–water partition coefficient (Wildman–Crippen LogP) is 4.16. The van der Waals surface area contributed by atoms with Crippen LogP contribution in [0, 0.1) is 16.7 Å². The van der Waals surface area contributed by atoms with Crippen molar-refractivity contribution in [3.8, 4) is 6.07 Å². The summed E-state index contributed by atoms with van der Waals surface area (Å²) in [5.41, 5.74) is 0.180. The fraction of sp³-hybridized carbons (Fsp3) is 0.312. The van der Waals surface area contributed by atoms with E-state index in [4.69, 9.17) is 11.6 Å². The van der Waals surface area contributed by atoms with Crippen molar-refractivity contribution in [2.45, 2.75) is 26.7 Å². The number of carbonyl (C=O) groups is 1. The molecule has 1 aromatic heterocycles. The lowest BCUT2D eigenvalue weighted by molar-refractivity contribution is -0.123. The van der Waals surface area contributed by atoms with Crippen molar-refractivity contribution in [2.75, 3.05) is 5.32 Å². The van der Waals surface area contributed by atoms with Crippen LogP contribution in [-0.2, 0) is 4.79 Å². The second kappa shape index (κ2) is 6.11. The minimum atomic E-state index is -1.01. The second-order valence-corrected chi connectivity index (χ2v) is 5.26. The number of amides is 1. The highest BCUT2D eigenvalue weighted by molar-refractivity contribution is 6.36. The van der Waals surface area contributed by atoms with Crippen LogP contribution >= 0.6 is 11.6 Å². The van der Waals surface area contributed by atoms with Gasteiger partial charge in [0.2, 0.25) is 5.91 Å². The fourth-order valence-corrected chi connectivity index (χ4v) is 2.48. The Morgan fingerprint density at radius 2 is 2.10 bits per heavy atom. The summed E-state index contributed by atoms with van der Waals surface area (Å²) in [4.78, 5) is 16.7. The maximum absolute atomic E-state index is 12.5. The number of hydrogen-bond acceptors (Lipinski definition) is 3. The number of rotatable bonds is 4. The molecule has 0 radical (unpaired) electrons. The molecule has 0 atom stereocenters. The Labute approximate surface area is 128 Å². The minimum absolute atomic E-state index is 0.302. The van der Waals surface area contributed by atoms with Crippen molar-refractivity contribution in [2.24, 2.45) is 5.41 Å². The van der Waals surface area contributed by atoms with Crippen molar-refractivity contribution in [1.82, 2.24) is 4.98 Å². The number of halogens is 1. The number of fused-ring (bicyclic) bond motifs is 1. The first-order valence-electron chi connectivity index (χ1n) is 6.84. The highest BCUT2D eigenvalue weighted by Gasteiger charge is 2.35. The van der Waals surface area contributed by atoms with Gasteiger partial charge in [-0.1, -0.05) is 25.4 Å². The van der Waals surface area contributed by atoms with Gasteiger partial charge in [-0.25, -0.2) is 0 Å². The zero-order valence-corrected chi connectivity index (χ0v) is 12.7. The molecule has 0 bridgehead atoms. The van der Waals surface area contributed by atoms with Crippen LogP contribution in [0.2, 0.25) is 5.02 Å². The molecule has 0 spiro atoms. The molecule has 1 heterocycles. The average Bonchev–Trinajstić information content (AvgIpc) is 2.53. The lowest BCUT2D eigenvalue weighted by Crippen LogP contribution is -2.34. The van der Waals surface area contributed by atoms with E-state index in [-0.39, 0.29) is 5.91 Å². The molecule has 0 saturated heterocycles. The normalized spacial score (nSPS) is 11.1. The van der Waals surface area contributed by atoms with Gasteiger partial charge in [-0.05, 0) is 37.1 Å². The maximum atomic E-state index is 12.5. The molecule has 5 heteroatoms. The van der Waals surface area contributed by atoms with Gasteiger partial charge in [0.15, 0.2) is 0 Å². The van der Waals surface area contributed by atoms with Crippen LogP contribution in [0.1, 0.15) is 26.7 Å². The minimum Gasteiger partial charge on any atom is -0.323 e. The van der Waals surface area contributed by atoms with Gasteiger partial charge in [0.1, 0.15) is 5.41 Å². The molecule has 21 heavy (non-hydrogen) atoms. The topological polar surface area (TPSA) is 65.8 Å². The van der Waals surface area contributed by atoms with Crippen LogP contribution in [0.15, 0.2) is 30.5 Å². The van der Waals surface area contributed by atoms with Crippen molar-refractivity contribution in [1.29, 1.82) is 5.26 Å². The first-order valence-corrected chi connectivity index (χ1v) is 7.21. The molecule has 0 fully saturated rings. The van der Waals surface area contributed by atoms with Crippen LogP contribution in [-0.4, -0.2) is 10.9 Å². The van der Waals surface area contributed by atoms with Crippen LogP contribution in [0.4, 0.5) is 5.69 Å². The van der Waals surface area contributed by atoms with Crippen molar-refractivity contribution < 1.29 is 4.79 Å². The number of benzene rings is 1. The molecule has 0 aliphatic rings. The standard InChI is InChI=1S/C16H16ClN3O/c1-3-16(4-2,10-18)15(21)20-13-8-7-12(17)11-6-5-9-19-14(11)13/h5-9H,3-4H2,1-2H3,(H,20,21). The van der Waals surface area contributed by atoms with E-state index >= 15 is 0 Å². The number of pyridine rings is 1. The average molecular weight is 302 g/mol. The Bertz CT molecular complexity index is 717. The summed E-state index contributed by atoms with van der Waals surface area (Å²) in [6.45, 7) is 3.68. The van der Waals surface area contributed by atoms with E-state index in [0.29, 0.717) is 29.1 Å². The predicted molar refractivity (Wildman–Crippen MR) is 84.0 cm³/mol. The van der Waals surface area contributed by atoms with Crippen LogP contribution < -0.4 is 5.32 Å². The molecular formula is C16H16ClN3O. The molecule has 1 N–H and O–H groups in total. The Morgan fingerprint density at radius 1 is 1.38 bits per heavy atom. The smallest absolute Gasteiger partial charge is 0.244 e. The molecule has 0 unspecified atom stereocenters. The largest absolute Gasteiger partial charge is 0.323 e. The first kappa shape index (κ1) is 15.3. The fourth-order valence-electron chi connectivity index (χ4n) is 2.26. The molecule has 108 valence electrons. The lowest BCUT2D eigenvalue weighted by atomic mass is 9.83. The molecule has 1 aromatic carbocycles. The van der Waals surface area contributed by atoms with Gasteiger partial charge in [-0.3, -0.25) is 9.78 Å². The van der Waals surface area contributed by atoms with Crippen LogP contribution in [0.5, 0.6) is 0 Å². The first-order chi connectivity index (χ1) is 10.1. The van der Waals surface area contributed by atoms with Gasteiger partial charge >= 0.3 is 0 Å². The van der Waals surface area contributed by atoms with Crippen LogP contribution in [0.25, 0.3) is 10.9 Å². The second-order valence-electron chi connectivity index (χ2n) is 4.85. The van der Waals surface area contributed by atoms with E-state index in [1.54, 1.807) is 24.4 Å². The van der Waals surface area contributed by atoms with E-state index in [2.05, 4.69) is 16.4 Å². The molecule has 0 aliphatic carbocycles. The summed E-state index contributed by atoms with van der Waals surface area (Å²) >= 11 is 6.13. The number of hydrogen-bond donors (Lipinski definition) is 1. The lowest BCUT2D eigenvalue weighted by Gasteiger charge is -2.22.